The average Bonchev–Trinajstić information content (AvgIpc) is 2.42. The third-order valence-electron chi connectivity index (χ3n) is 3.65. The van der Waals surface area contributed by atoms with E-state index in [1.807, 2.05) is 13.8 Å². The van der Waals surface area contributed by atoms with Crippen LogP contribution in [0.2, 0.25) is 0 Å². The molecule has 2 atom stereocenters. The first-order valence-electron chi connectivity index (χ1n) is 7.63. The Morgan fingerprint density at radius 1 is 1.35 bits per heavy atom. The topological polar surface area (TPSA) is 66.8 Å². The van der Waals surface area contributed by atoms with Crippen molar-refractivity contribution in [2.45, 2.75) is 77.9 Å². The number of hydrogen-bond donors (Lipinski definition) is 2. The van der Waals surface area contributed by atoms with E-state index in [4.69, 9.17) is 4.74 Å². The monoisotopic (exact) mass is 286 g/mol. The number of unbranched alkanes of at least 4 members (excludes halogenated alkanes) is 1. The van der Waals surface area contributed by atoms with Crippen molar-refractivity contribution in [1.29, 1.82) is 0 Å². The summed E-state index contributed by atoms with van der Waals surface area (Å²) in [6.45, 7) is 7.90. The molecule has 4 nitrogen and oxygen atoms in total. The number of esters is 1. The molecule has 0 aliphatic heterocycles. The lowest BCUT2D eigenvalue weighted by molar-refractivity contribution is -0.144. The van der Waals surface area contributed by atoms with Crippen molar-refractivity contribution in [1.82, 2.24) is 0 Å². The highest BCUT2D eigenvalue weighted by molar-refractivity contribution is 5.70. The van der Waals surface area contributed by atoms with Crippen molar-refractivity contribution in [3.05, 3.63) is 11.6 Å². The highest BCUT2D eigenvalue weighted by atomic mass is 16.5. The van der Waals surface area contributed by atoms with Crippen LogP contribution in [0.15, 0.2) is 11.6 Å². The number of carbonyl (C=O) groups excluding carboxylic acids is 1. The lowest BCUT2D eigenvalue weighted by Crippen LogP contribution is -2.31. The van der Waals surface area contributed by atoms with Gasteiger partial charge in [-0.15, -0.1) is 0 Å². The van der Waals surface area contributed by atoms with Crippen molar-refractivity contribution in [3.8, 4) is 0 Å². The summed E-state index contributed by atoms with van der Waals surface area (Å²) >= 11 is 0. The van der Waals surface area contributed by atoms with E-state index >= 15 is 0 Å². The Labute approximate surface area is 122 Å². The lowest BCUT2D eigenvalue weighted by Gasteiger charge is -2.29. The lowest BCUT2D eigenvalue weighted by atomic mass is 9.84. The quantitative estimate of drug-likeness (QED) is 0.478. The van der Waals surface area contributed by atoms with E-state index in [9.17, 15) is 15.0 Å². The smallest absolute Gasteiger partial charge is 0.308 e. The first-order valence-corrected chi connectivity index (χ1v) is 7.63. The Morgan fingerprint density at radius 2 is 2.00 bits per heavy atom. The number of aliphatic hydroxyl groups excluding tert-OH is 1. The Kier molecular flexibility index (Phi) is 9.51. The summed E-state index contributed by atoms with van der Waals surface area (Å²) in [6.07, 6.45) is 4.59. The Morgan fingerprint density at radius 3 is 2.45 bits per heavy atom. The molecule has 4 heteroatoms. The van der Waals surface area contributed by atoms with Gasteiger partial charge in [0.25, 0.3) is 0 Å². The molecule has 0 spiro atoms. The van der Waals surface area contributed by atoms with Crippen molar-refractivity contribution >= 4 is 5.97 Å². The Hall–Kier alpha value is -0.870. The number of ether oxygens (including phenoxy) is 1. The van der Waals surface area contributed by atoms with Gasteiger partial charge in [0.15, 0.2) is 0 Å². The van der Waals surface area contributed by atoms with Crippen LogP contribution in [0.25, 0.3) is 0 Å². The maximum absolute atomic E-state index is 11.4. The molecule has 0 bridgehead atoms. The van der Waals surface area contributed by atoms with Crippen LogP contribution in [0.3, 0.4) is 0 Å². The number of allylic oxidation sites excluding steroid dienone is 1. The fourth-order valence-corrected chi connectivity index (χ4v) is 2.20. The summed E-state index contributed by atoms with van der Waals surface area (Å²) in [6, 6.07) is 0. The van der Waals surface area contributed by atoms with Gasteiger partial charge in [0, 0.05) is 0 Å². The largest absolute Gasteiger partial charge is 0.466 e. The molecule has 0 aliphatic carbocycles. The van der Waals surface area contributed by atoms with Gasteiger partial charge in [0.2, 0.25) is 0 Å². The SMILES string of the molecule is CC=C(CC(O)(CC)CCCC)C(O)CC(=O)OCC. The summed E-state index contributed by atoms with van der Waals surface area (Å²) in [7, 11) is 0. The minimum absolute atomic E-state index is 0.0545. The average molecular weight is 286 g/mol. The molecule has 0 aromatic rings. The number of carbonyl (C=O) groups is 1. The summed E-state index contributed by atoms with van der Waals surface area (Å²) in [5.41, 5.74) is -0.0912. The van der Waals surface area contributed by atoms with E-state index in [0.29, 0.717) is 31.4 Å². The van der Waals surface area contributed by atoms with Crippen molar-refractivity contribution in [2.75, 3.05) is 6.61 Å². The maximum atomic E-state index is 11.4. The van der Waals surface area contributed by atoms with E-state index in [0.717, 1.165) is 12.8 Å². The van der Waals surface area contributed by atoms with Gasteiger partial charge in [0.1, 0.15) is 0 Å². The zero-order valence-electron chi connectivity index (χ0n) is 13.3. The van der Waals surface area contributed by atoms with Crippen LogP contribution in [0.5, 0.6) is 0 Å². The molecule has 0 radical (unpaired) electrons. The molecule has 2 N–H and O–H groups in total. The summed E-state index contributed by atoms with van der Waals surface area (Å²) in [5, 5.41) is 20.7. The first-order chi connectivity index (χ1) is 9.42. The van der Waals surface area contributed by atoms with Crippen molar-refractivity contribution in [2.24, 2.45) is 0 Å². The zero-order chi connectivity index (χ0) is 15.6. The molecule has 0 fully saturated rings. The normalized spacial score (nSPS) is 16.6. The second-order valence-electron chi connectivity index (χ2n) is 5.25. The molecule has 0 aromatic carbocycles. The van der Waals surface area contributed by atoms with E-state index < -0.39 is 17.7 Å². The zero-order valence-corrected chi connectivity index (χ0v) is 13.3. The maximum Gasteiger partial charge on any atom is 0.308 e. The number of rotatable bonds is 10. The molecule has 0 saturated heterocycles. The molecular formula is C16H30O4. The van der Waals surface area contributed by atoms with Gasteiger partial charge in [-0.25, -0.2) is 0 Å². The third-order valence-corrected chi connectivity index (χ3v) is 3.65. The first kappa shape index (κ1) is 19.1. The molecule has 0 amide bonds. The van der Waals surface area contributed by atoms with Gasteiger partial charge < -0.3 is 14.9 Å². The van der Waals surface area contributed by atoms with Gasteiger partial charge in [-0.1, -0.05) is 32.8 Å². The van der Waals surface area contributed by atoms with Gasteiger partial charge >= 0.3 is 5.97 Å². The van der Waals surface area contributed by atoms with E-state index in [1.54, 1.807) is 13.0 Å². The minimum atomic E-state index is -0.876. The van der Waals surface area contributed by atoms with Crippen LogP contribution < -0.4 is 0 Å². The van der Waals surface area contributed by atoms with Crippen LogP contribution in [0, 0.1) is 0 Å². The highest BCUT2D eigenvalue weighted by Crippen LogP contribution is 2.28. The Balaban J connectivity index is 4.62. The van der Waals surface area contributed by atoms with Crippen LogP contribution >= 0.6 is 0 Å². The van der Waals surface area contributed by atoms with Crippen LogP contribution in [0.1, 0.15) is 66.2 Å². The van der Waals surface area contributed by atoms with Crippen molar-refractivity contribution in [3.63, 3.8) is 0 Å². The van der Waals surface area contributed by atoms with E-state index in [1.165, 1.54) is 0 Å². The summed E-state index contributed by atoms with van der Waals surface area (Å²) < 4.78 is 4.84. The molecule has 118 valence electrons. The Bertz CT molecular complexity index is 312. The second kappa shape index (κ2) is 9.94. The van der Waals surface area contributed by atoms with Gasteiger partial charge in [-0.2, -0.15) is 0 Å². The van der Waals surface area contributed by atoms with Gasteiger partial charge in [-0.05, 0) is 38.7 Å². The van der Waals surface area contributed by atoms with Gasteiger partial charge in [0.05, 0.1) is 24.7 Å². The molecule has 0 aliphatic rings. The van der Waals surface area contributed by atoms with Crippen LogP contribution in [-0.4, -0.2) is 34.5 Å². The van der Waals surface area contributed by atoms with Crippen LogP contribution in [0.4, 0.5) is 0 Å². The predicted octanol–water partition coefficient (Wildman–Crippen LogP) is 2.97. The number of aliphatic hydroxyl groups is 2. The molecule has 0 saturated carbocycles. The van der Waals surface area contributed by atoms with Crippen molar-refractivity contribution < 1.29 is 19.7 Å². The molecule has 20 heavy (non-hydrogen) atoms. The molecule has 0 rings (SSSR count). The molecule has 0 heterocycles. The highest BCUT2D eigenvalue weighted by Gasteiger charge is 2.28. The van der Waals surface area contributed by atoms with Crippen LogP contribution in [-0.2, 0) is 9.53 Å². The molecule has 2 unspecified atom stereocenters. The fourth-order valence-electron chi connectivity index (χ4n) is 2.20. The standard InChI is InChI=1S/C16H30O4/c1-5-9-10-16(19,7-3)12-13(6-2)14(17)11-15(18)20-8-4/h6,14,17,19H,5,7-12H2,1-4H3. The minimum Gasteiger partial charge on any atom is -0.466 e. The fraction of sp³-hybridized carbons (Fsp3) is 0.812. The summed E-state index contributed by atoms with van der Waals surface area (Å²) in [4.78, 5) is 11.4. The summed E-state index contributed by atoms with van der Waals surface area (Å²) in [5.74, 6) is -0.409. The van der Waals surface area contributed by atoms with E-state index in [2.05, 4.69) is 6.92 Å². The molecular weight excluding hydrogens is 256 g/mol. The second-order valence-corrected chi connectivity index (χ2v) is 5.25. The number of hydrogen-bond acceptors (Lipinski definition) is 4. The van der Waals surface area contributed by atoms with E-state index in [-0.39, 0.29) is 6.42 Å². The molecule has 0 aromatic heterocycles. The third kappa shape index (κ3) is 7.06. The predicted molar refractivity (Wildman–Crippen MR) is 80.4 cm³/mol. The van der Waals surface area contributed by atoms with Gasteiger partial charge in [-0.3, -0.25) is 4.79 Å².